The molecule has 2 N–H and O–H groups in total. The molecule has 1 aromatic heterocycles. The molecule has 0 saturated carbocycles. The molecule has 0 aliphatic rings. The van der Waals surface area contributed by atoms with E-state index in [2.05, 4.69) is 10.3 Å². The van der Waals surface area contributed by atoms with Gasteiger partial charge >= 0.3 is 0 Å². The Hall–Kier alpha value is -1.74. The molecule has 0 fully saturated rings. The number of halogens is 1. The van der Waals surface area contributed by atoms with Crippen LogP contribution in [0.4, 0.5) is 0 Å². The summed E-state index contributed by atoms with van der Waals surface area (Å²) in [5, 5.41) is 3.61. The number of carbonyl (C=O) groups excluding carboxylic acids is 1. The van der Waals surface area contributed by atoms with Gasteiger partial charge in [-0.1, -0.05) is 23.7 Å². The molecule has 18 heavy (non-hydrogen) atoms. The highest BCUT2D eigenvalue weighted by molar-refractivity contribution is 6.30. The van der Waals surface area contributed by atoms with E-state index in [9.17, 15) is 4.79 Å². The van der Waals surface area contributed by atoms with Crippen molar-refractivity contribution < 1.29 is 4.79 Å². The van der Waals surface area contributed by atoms with Gasteiger partial charge in [0.1, 0.15) is 0 Å². The lowest BCUT2D eigenvalue weighted by molar-refractivity contribution is 0.0953. The molecule has 0 aliphatic heterocycles. The van der Waals surface area contributed by atoms with Gasteiger partial charge in [0.05, 0.1) is 5.56 Å². The second-order valence-electron chi connectivity index (χ2n) is 4.15. The van der Waals surface area contributed by atoms with E-state index in [1.807, 2.05) is 31.2 Å². The number of amides is 1. The van der Waals surface area contributed by atoms with Crippen molar-refractivity contribution in [3.8, 4) is 0 Å². The smallest absolute Gasteiger partial charge is 0.253 e. The van der Waals surface area contributed by atoms with Crippen molar-refractivity contribution in [1.29, 1.82) is 0 Å². The summed E-state index contributed by atoms with van der Waals surface area (Å²) in [6.07, 6.45) is 2.54. The molecule has 1 heterocycles. The van der Waals surface area contributed by atoms with Gasteiger partial charge in [-0.05, 0) is 37.1 Å². The number of benzene rings is 1. The Bertz CT molecular complexity index is 548. The Morgan fingerprint density at radius 3 is 2.89 bits per heavy atom. The lowest BCUT2D eigenvalue weighted by Crippen LogP contribution is -2.25. The SMILES string of the molecule is Cc1[nH]ccc1C(=O)NCCc1cccc(Cl)c1. The summed E-state index contributed by atoms with van der Waals surface area (Å²) in [5.74, 6) is -0.0456. The number of H-pyrrole nitrogens is 1. The molecule has 0 radical (unpaired) electrons. The van der Waals surface area contributed by atoms with Gasteiger partial charge in [-0.2, -0.15) is 0 Å². The average Bonchev–Trinajstić information content (AvgIpc) is 2.75. The molecule has 3 nitrogen and oxygen atoms in total. The minimum Gasteiger partial charge on any atom is -0.365 e. The summed E-state index contributed by atoms with van der Waals surface area (Å²) >= 11 is 5.90. The molecule has 1 amide bonds. The molecule has 1 aromatic carbocycles. The molecule has 0 atom stereocenters. The van der Waals surface area contributed by atoms with E-state index in [-0.39, 0.29) is 5.91 Å². The van der Waals surface area contributed by atoms with Gasteiger partial charge in [-0.3, -0.25) is 4.79 Å². The number of carbonyl (C=O) groups is 1. The number of rotatable bonds is 4. The van der Waals surface area contributed by atoms with Crippen molar-refractivity contribution in [1.82, 2.24) is 10.3 Å². The van der Waals surface area contributed by atoms with Crippen LogP contribution in [-0.4, -0.2) is 17.4 Å². The Kier molecular flexibility index (Phi) is 4.05. The summed E-state index contributed by atoms with van der Waals surface area (Å²) in [6, 6.07) is 9.45. The molecule has 2 aromatic rings. The maximum atomic E-state index is 11.8. The van der Waals surface area contributed by atoms with Crippen molar-refractivity contribution in [3.05, 3.63) is 58.4 Å². The van der Waals surface area contributed by atoms with Crippen molar-refractivity contribution >= 4 is 17.5 Å². The highest BCUT2D eigenvalue weighted by atomic mass is 35.5. The van der Waals surface area contributed by atoms with Gasteiger partial charge in [-0.15, -0.1) is 0 Å². The fraction of sp³-hybridized carbons (Fsp3) is 0.214. The molecule has 94 valence electrons. The summed E-state index contributed by atoms with van der Waals surface area (Å²) in [6.45, 7) is 2.48. The molecule has 4 heteroatoms. The van der Waals surface area contributed by atoms with E-state index in [4.69, 9.17) is 11.6 Å². The van der Waals surface area contributed by atoms with Crippen LogP contribution in [0.3, 0.4) is 0 Å². The monoisotopic (exact) mass is 262 g/mol. The fourth-order valence-corrected chi connectivity index (χ4v) is 2.02. The minimum atomic E-state index is -0.0456. The number of aromatic amines is 1. The zero-order chi connectivity index (χ0) is 13.0. The van der Waals surface area contributed by atoms with Crippen LogP contribution in [0.2, 0.25) is 5.02 Å². The number of nitrogens with one attached hydrogen (secondary N) is 2. The van der Waals surface area contributed by atoms with Gasteiger partial charge in [0.25, 0.3) is 5.91 Å². The Balaban J connectivity index is 1.86. The lowest BCUT2D eigenvalue weighted by atomic mass is 10.1. The highest BCUT2D eigenvalue weighted by Crippen LogP contribution is 2.11. The number of aryl methyl sites for hydroxylation is 1. The van der Waals surface area contributed by atoms with Crippen LogP contribution in [0.25, 0.3) is 0 Å². The van der Waals surface area contributed by atoms with E-state index in [0.29, 0.717) is 12.1 Å². The zero-order valence-corrected chi connectivity index (χ0v) is 10.9. The van der Waals surface area contributed by atoms with Crippen LogP contribution >= 0.6 is 11.6 Å². The van der Waals surface area contributed by atoms with Crippen molar-refractivity contribution in [2.45, 2.75) is 13.3 Å². The maximum absolute atomic E-state index is 11.8. The van der Waals surface area contributed by atoms with Gasteiger partial charge < -0.3 is 10.3 Å². The normalized spacial score (nSPS) is 10.3. The van der Waals surface area contributed by atoms with E-state index in [0.717, 1.165) is 22.7 Å². The predicted molar refractivity (Wildman–Crippen MR) is 73.0 cm³/mol. The first kappa shape index (κ1) is 12.7. The third-order valence-corrected chi connectivity index (χ3v) is 3.02. The molecular formula is C14H15ClN2O. The van der Waals surface area contributed by atoms with E-state index >= 15 is 0 Å². The van der Waals surface area contributed by atoms with Crippen LogP contribution in [0.1, 0.15) is 21.6 Å². The van der Waals surface area contributed by atoms with Crippen LogP contribution in [-0.2, 0) is 6.42 Å². The lowest BCUT2D eigenvalue weighted by Gasteiger charge is -2.05. The Labute approximate surface area is 111 Å². The minimum absolute atomic E-state index is 0.0456. The molecular weight excluding hydrogens is 248 g/mol. The second kappa shape index (κ2) is 5.74. The van der Waals surface area contributed by atoms with Crippen LogP contribution < -0.4 is 5.32 Å². The fourth-order valence-electron chi connectivity index (χ4n) is 1.81. The third-order valence-electron chi connectivity index (χ3n) is 2.79. The molecule has 0 unspecified atom stereocenters. The number of aromatic nitrogens is 1. The molecule has 0 bridgehead atoms. The maximum Gasteiger partial charge on any atom is 0.253 e. The standard InChI is InChI=1S/C14H15ClN2O/c1-10-13(6-8-16-10)14(18)17-7-5-11-3-2-4-12(15)9-11/h2-4,6,8-9,16H,5,7H2,1H3,(H,17,18). The summed E-state index contributed by atoms with van der Waals surface area (Å²) in [4.78, 5) is 14.8. The van der Waals surface area contributed by atoms with Crippen molar-refractivity contribution in [3.63, 3.8) is 0 Å². The van der Waals surface area contributed by atoms with Crippen LogP contribution in [0.5, 0.6) is 0 Å². The highest BCUT2D eigenvalue weighted by Gasteiger charge is 2.08. The third kappa shape index (κ3) is 3.14. The first-order valence-corrected chi connectivity index (χ1v) is 6.21. The molecule has 0 aliphatic carbocycles. The topological polar surface area (TPSA) is 44.9 Å². The molecule has 0 saturated heterocycles. The summed E-state index contributed by atoms with van der Waals surface area (Å²) < 4.78 is 0. The quantitative estimate of drug-likeness (QED) is 0.874. The van der Waals surface area contributed by atoms with E-state index < -0.39 is 0 Å². The average molecular weight is 263 g/mol. The molecule has 2 rings (SSSR count). The van der Waals surface area contributed by atoms with Crippen molar-refractivity contribution in [2.75, 3.05) is 6.54 Å². The Morgan fingerprint density at radius 1 is 1.39 bits per heavy atom. The first-order valence-electron chi connectivity index (χ1n) is 5.83. The van der Waals surface area contributed by atoms with Gasteiger partial charge in [0, 0.05) is 23.5 Å². The van der Waals surface area contributed by atoms with E-state index in [1.165, 1.54) is 0 Å². The summed E-state index contributed by atoms with van der Waals surface area (Å²) in [7, 11) is 0. The van der Waals surface area contributed by atoms with Gasteiger partial charge in [0.15, 0.2) is 0 Å². The van der Waals surface area contributed by atoms with Crippen LogP contribution in [0.15, 0.2) is 36.5 Å². The number of hydrogen-bond donors (Lipinski definition) is 2. The van der Waals surface area contributed by atoms with Gasteiger partial charge in [0.2, 0.25) is 0 Å². The largest absolute Gasteiger partial charge is 0.365 e. The van der Waals surface area contributed by atoms with E-state index in [1.54, 1.807) is 12.3 Å². The predicted octanol–water partition coefficient (Wildman–Crippen LogP) is 2.95. The van der Waals surface area contributed by atoms with Crippen molar-refractivity contribution in [2.24, 2.45) is 0 Å². The van der Waals surface area contributed by atoms with Crippen LogP contribution in [0, 0.1) is 6.92 Å². The summed E-state index contributed by atoms with van der Waals surface area (Å²) in [5.41, 5.74) is 2.70. The molecule has 0 spiro atoms. The second-order valence-corrected chi connectivity index (χ2v) is 4.59. The Morgan fingerprint density at radius 2 is 2.22 bits per heavy atom. The zero-order valence-electron chi connectivity index (χ0n) is 10.2. The first-order chi connectivity index (χ1) is 8.66. The van der Waals surface area contributed by atoms with Gasteiger partial charge in [-0.25, -0.2) is 0 Å². The number of hydrogen-bond acceptors (Lipinski definition) is 1.